The number of nitrogens with two attached hydrogens (primary N) is 1. The molecule has 2 aliphatic rings. The maximum atomic E-state index is 14.9. The zero-order valence-corrected chi connectivity index (χ0v) is 62.0. The van der Waals surface area contributed by atoms with Gasteiger partial charge in [0, 0.05) is 96.8 Å². The molecular weight excluding hydrogens is 1330 g/mol. The van der Waals surface area contributed by atoms with Gasteiger partial charge in [-0.25, -0.2) is 14.6 Å². The zero-order valence-electron chi connectivity index (χ0n) is 61.2. The van der Waals surface area contributed by atoms with Crippen LogP contribution in [0.15, 0.2) is 78.3 Å². The lowest BCUT2D eigenvalue weighted by molar-refractivity contribution is -0.148. The van der Waals surface area contributed by atoms with E-state index in [9.17, 15) is 57.5 Å². The molecule has 30 heteroatoms. The number of hydrogen-bond acceptors (Lipinski definition) is 18. The quantitative estimate of drug-likeness (QED) is 0.0280. The first-order valence-electron chi connectivity index (χ1n) is 35.0. The maximum absolute atomic E-state index is 14.9. The molecule has 102 heavy (non-hydrogen) atoms. The van der Waals surface area contributed by atoms with Crippen LogP contribution < -0.4 is 43.0 Å². The summed E-state index contributed by atoms with van der Waals surface area (Å²) in [4.78, 5) is 170. The van der Waals surface area contributed by atoms with Crippen molar-refractivity contribution in [1.29, 1.82) is 0 Å². The summed E-state index contributed by atoms with van der Waals surface area (Å²) in [7, 11) is 6.14. The Morgan fingerprint density at radius 3 is 1.99 bits per heavy atom. The van der Waals surface area contributed by atoms with Crippen molar-refractivity contribution in [2.75, 3.05) is 73.0 Å². The largest absolute Gasteiger partial charge is 0.445 e. The summed E-state index contributed by atoms with van der Waals surface area (Å²) in [6.45, 7) is 16.7. The van der Waals surface area contributed by atoms with E-state index in [0.717, 1.165) is 27.6 Å². The topological polar surface area (TPSA) is 378 Å². The summed E-state index contributed by atoms with van der Waals surface area (Å²) in [6, 6.07) is 9.64. The van der Waals surface area contributed by atoms with E-state index in [1.165, 1.54) is 30.4 Å². The number of urea groups is 1. The van der Waals surface area contributed by atoms with Crippen LogP contribution in [0, 0.1) is 29.6 Å². The fraction of sp³-hybridized carbons (Fsp3) is 0.597. The summed E-state index contributed by atoms with van der Waals surface area (Å²) in [5, 5.41) is 22.1. The zero-order chi connectivity index (χ0) is 75.3. The highest BCUT2D eigenvalue weighted by Gasteiger charge is 2.44. The molecule has 2 aromatic carbocycles. The number of rotatable bonds is 42. The van der Waals surface area contributed by atoms with Gasteiger partial charge in [0.1, 0.15) is 35.8 Å². The molecule has 13 amide bonds. The van der Waals surface area contributed by atoms with Gasteiger partial charge < -0.3 is 71.7 Å². The number of benzene rings is 2. The monoisotopic (exact) mass is 1440 g/mol. The molecular formula is C72H107N13O16S. The first kappa shape index (κ1) is 83.8. The molecule has 3 aromatic rings. The molecule has 0 aliphatic carbocycles. The Balaban J connectivity index is 1.15. The van der Waals surface area contributed by atoms with Gasteiger partial charge in [0.25, 0.3) is 11.8 Å². The fourth-order valence-electron chi connectivity index (χ4n) is 12.5. The van der Waals surface area contributed by atoms with Gasteiger partial charge in [-0.05, 0) is 79.0 Å². The second-order valence-electron chi connectivity index (χ2n) is 26.9. The van der Waals surface area contributed by atoms with E-state index in [0.29, 0.717) is 43.5 Å². The Morgan fingerprint density at radius 2 is 1.39 bits per heavy atom. The molecule has 1 saturated heterocycles. The number of thiazole rings is 1. The SMILES string of the molecule is CC[C@H](C)[C@@H]([C@@H](CC(=O)N1CCC[C@H]1[C@H](OC)[C@@H](C)C(=O)N[C@@H](Cc1ccccc1)c1nccs1)OC)N(C)C(=O)[C@@H](NC(=O)[C@H](C(C)C)N(C)C(=O)OCc1ccc(NC(=O)C(CCCNC(N)=O)NC(=O)[C@@H](NC(=O)CCOCCNC(=O)CCN2C(=O)C=CC2=O)C(C)C)cc1)C(C)C. The molecule has 0 radical (unpaired) electrons. The van der Waals surface area contributed by atoms with Crippen molar-refractivity contribution in [2.24, 2.45) is 35.3 Å². The molecule has 9 N–H and O–H groups in total. The van der Waals surface area contributed by atoms with E-state index >= 15 is 0 Å². The smallest absolute Gasteiger partial charge is 0.410 e. The van der Waals surface area contributed by atoms with Crippen molar-refractivity contribution >= 4 is 88.2 Å². The van der Waals surface area contributed by atoms with Gasteiger partial charge >= 0.3 is 12.1 Å². The lowest BCUT2D eigenvalue weighted by Crippen LogP contribution is -2.60. The number of carbonyl (C=O) groups excluding carboxylic acids is 12. The van der Waals surface area contributed by atoms with Gasteiger partial charge in [-0.2, -0.15) is 0 Å². The fourth-order valence-corrected chi connectivity index (χ4v) is 13.2. The molecule has 3 heterocycles. The van der Waals surface area contributed by atoms with E-state index in [2.05, 4.69) is 42.2 Å². The van der Waals surface area contributed by atoms with E-state index in [-0.39, 0.29) is 95.3 Å². The number of primary amides is 1. The summed E-state index contributed by atoms with van der Waals surface area (Å²) in [5.41, 5.74) is 7.13. The number of likely N-dealkylation sites (tertiary alicyclic amines) is 1. The summed E-state index contributed by atoms with van der Waals surface area (Å²) in [6.07, 6.45) is 4.18. The van der Waals surface area contributed by atoms with Gasteiger partial charge in [-0.15, -0.1) is 11.3 Å². The first-order valence-corrected chi connectivity index (χ1v) is 35.9. The van der Waals surface area contributed by atoms with E-state index < -0.39 is 132 Å². The lowest BCUT2D eigenvalue weighted by atomic mass is 9.89. The number of nitrogens with zero attached hydrogens (tertiary/aromatic N) is 5. The molecule has 0 spiro atoms. The molecule has 5 rings (SSSR count). The van der Waals surface area contributed by atoms with Crippen molar-refractivity contribution in [1.82, 2.24) is 56.5 Å². The minimum absolute atomic E-state index is 0.0457. The van der Waals surface area contributed by atoms with Crippen LogP contribution in [0.25, 0.3) is 0 Å². The highest BCUT2D eigenvalue weighted by molar-refractivity contribution is 7.09. The van der Waals surface area contributed by atoms with Crippen LogP contribution in [0.1, 0.15) is 136 Å². The molecule has 562 valence electrons. The predicted molar refractivity (Wildman–Crippen MR) is 382 cm³/mol. The molecule has 0 bridgehead atoms. The number of ether oxygens (including phenoxy) is 4. The van der Waals surface area contributed by atoms with Crippen molar-refractivity contribution in [3.05, 3.63) is 94.5 Å². The minimum Gasteiger partial charge on any atom is -0.445 e. The van der Waals surface area contributed by atoms with Crippen LogP contribution in [0.2, 0.25) is 0 Å². The highest BCUT2D eigenvalue weighted by Crippen LogP contribution is 2.31. The predicted octanol–water partition coefficient (Wildman–Crippen LogP) is 4.75. The number of likely N-dealkylation sites (N-methyl/N-ethyl adjacent to an activating group) is 2. The third kappa shape index (κ3) is 25.3. The standard InChI is InChI=1S/C72H107N13O16S/c1-14-46(8)63(54(98-12)41-59(90)84-35-19-23-53(84)64(99-13)47(9)65(91)79-52(69-75-34-39-102-69)40-48-20-16-15-17-21-48)82(10)70(95)61(44(4)5)81-68(94)62(45(6)7)83(11)72(97)101-42-49-24-26-50(27-25-49)77-66(92)51(22-18-32-76-71(73)96)78-67(93)60(43(2)3)80-56(87)31-37-100-38-33-74-55(86)30-36-85-57(88)28-29-58(85)89/h15-17,20-21,24-29,34,39,43-47,51-54,60-64H,14,18-19,22-23,30-33,35-38,40-42H2,1-13H3,(H,74,86)(H,77,92)(H,78,93)(H,79,91)(H,80,87)(H,81,94)(H3,73,76,96)/t46-,47+,51?,52-,53-,54+,60-,61-,62-,63-,64+/m0/s1. The van der Waals surface area contributed by atoms with Crippen LogP contribution in [0.4, 0.5) is 15.3 Å². The number of imide groups is 1. The van der Waals surface area contributed by atoms with Crippen molar-refractivity contribution in [3.8, 4) is 0 Å². The molecule has 1 unspecified atom stereocenters. The third-order valence-corrected chi connectivity index (χ3v) is 19.3. The number of anilines is 1. The van der Waals surface area contributed by atoms with Crippen LogP contribution in [-0.2, 0) is 79.9 Å². The maximum Gasteiger partial charge on any atom is 0.410 e. The Bertz CT molecular complexity index is 3290. The van der Waals surface area contributed by atoms with Gasteiger partial charge in [0.15, 0.2) is 0 Å². The Labute approximate surface area is 602 Å². The Morgan fingerprint density at radius 1 is 0.716 bits per heavy atom. The van der Waals surface area contributed by atoms with Crippen LogP contribution >= 0.6 is 11.3 Å². The van der Waals surface area contributed by atoms with Crippen molar-refractivity contribution in [3.63, 3.8) is 0 Å². The molecule has 2 aliphatic heterocycles. The number of methoxy groups -OCH3 is 2. The average Bonchev–Trinajstić information content (AvgIpc) is 1.43. The van der Waals surface area contributed by atoms with Crippen LogP contribution in [-0.4, -0.2) is 212 Å². The van der Waals surface area contributed by atoms with Crippen LogP contribution in [0.3, 0.4) is 0 Å². The Kier molecular flexibility index (Phi) is 34.4. The van der Waals surface area contributed by atoms with E-state index in [4.69, 9.17) is 24.7 Å². The lowest BCUT2D eigenvalue weighted by Gasteiger charge is -2.41. The summed E-state index contributed by atoms with van der Waals surface area (Å²) in [5.74, 6) is -6.74. The second kappa shape index (κ2) is 41.9. The Hall–Kier alpha value is -8.87. The van der Waals surface area contributed by atoms with Gasteiger partial charge in [0.2, 0.25) is 47.3 Å². The van der Waals surface area contributed by atoms with Gasteiger partial charge in [-0.3, -0.25) is 57.7 Å². The van der Waals surface area contributed by atoms with Crippen molar-refractivity contribution in [2.45, 2.75) is 181 Å². The van der Waals surface area contributed by atoms with Gasteiger partial charge in [-0.1, -0.05) is 111 Å². The highest BCUT2D eigenvalue weighted by atomic mass is 32.1. The number of amides is 13. The van der Waals surface area contributed by atoms with Crippen LogP contribution in [0.5, 0.6) is 0 Å². The first-order chi connectivity index (χ1) is 48.5. The normalized spacial score (nSPS) is 16.6. The van der Waals surface area contributed by atoms with E-state index in [1.807, 2.05) is 56.5 Å². The average molecular weight is 1440 g/mol. The number of nitrogens with one attached hydrogen (secondary N) is 7. The summed E-state index contributed by atoms with van der Waals surface area (Å²) < 4.78 is 23.4. The minimum atomic E-state index is -1.15. The molecule has 11 atom stereocenters. The molecule has 1 aromatic heterocycles. The number of aromatic nitrogens is 1. The second-order valence-corrected chi connectivity index (χ2v) is 27.8. The third-order valence-electron chi connectivity index (χ3n) is 18.4. The summed E-state index contributed by atoms with van der Waals surface area (Å²) >= 11 is 1.47. The molecule has 0 saturated carbocycles. The number of carbonyl (C=O) groups is 12. The molecule has 29 nitrogen and oxygen atoms in total. The van der Waals surface area contributed by atoms with E-state index in [1.54, 1.807) is 96.0 Å². The molecule has 1 fully saturated rings. The number of hydrogen-bond donors (Lipinski definition) is 8. The van der Waals surface area contributed by atoms with Crippen molar-refractivity contribution < 1.29 is 76.5 Å². The van der Waals surface area contributed by atoms with Gasteiger partial charge in [0.05, 0.1) is 55.9 Å².